The second kappa shape index (κ2) is 12.2. The summed E-state index contributed by atoms with van der Waals surface area (Å²) in [6.45, 7) is 4.02. The highest BCUT2D eigenvalue weighted by molar-refractivity contribution is 7.53. The molecule has 33 heavy (non-hydrogen) atoms. The van der Waals surface area contributed by atoms with Crippen LogP contribution in [-0.2, 0) is 23.5 Å². The van der Waals surface area contributed by atoms with Gasteiger partial charge in [-0.25, -0.2) is 4.39 Å². The number of alkyl halides is 1. The van der Waals surface area contributed by atoms with Crippen LogP contribution in [0, 0.1) is 0 Å². The van der Waals surface area contributed by atoms with Gasteiger partial charge >= 0.3 is 0 Å². The van der Waals surface area contributed by atoms with E-state index >= 15 is 0 Å². The Morgan fingerprint density at radius 1 is 1.21 bits per heavy atom. The molecule has 0 saturated carbocycles. The van der Waals surface area contributed by atoms with Crippen LogP contribution < -0.4 is 27.8 Å². The number of nitrogens with one attached hydrogen (secondary N) is 2. The summed E-state index contributed by atoms with van der Waals surface area (Å²) < 4.78 is 44.1. The van der Waals surface area contributed by atoms with Gasteiger partial charge in [-0.15, -0.1) is 0 Å². The lowest BCUT2D eigenvalue weighted by molar-refractivity contribution is -0.280. The summed E-state index contributed by atoms with van der Waals surface area (Å²) in [5.74, 6) is -0.732. The van der Waals surface area contributed by atoms with Crippen molar-refractivity contribution < 1.29 is 38.1 Å². The first kappa shape index (κ1) is 27.5. The molecule has 12 nitrogen and oxygen atoms in total. The van der Waals surface area contributed by atoms with Gasteiger partial charge in [-0.3, -0.25) is 5.32 Å². The van der Waals surface area contributed by atoms with E-state index in [4.69, 9.17) is 40.7 Å². The smallest absolute Gasteiger partial charge is 0.182 e. The van der Waals surface area contributed by atoms with E-state index in [-0.39, 0.29) is 12.1 Å². The topological polar surface area (TPSA) is 189 Å². The van der Waals surface area contributed by atoms with E-state index in [0.717, 1.165) is 6.42 Å². The molecule has 0 aromatic heterocycles. The van der Waals surface area contributed by atoms with Crippen LogP contribution in [0.15, 0.2) is 0 Å². The molecule has 14 heteroatoms. The minimum atomic E-state index is -1.90. The van der Waals surface area contributed by atoms with Crippen LogP contribution in [0.3, 0.4) is 0 Å². The number of fused-ring (bicyclic) bond motifs is 1. The van der Waals surface area contributed by atoms with Crippen molar-refractivity contribution in [3.05, 3.63) is 0 Å². The van der Waals surface area contributed by atoms with E-state index in [0.29, 0.717) is 19.1 Å². The number of ether oxygens (including phenoxy) is 4. The van der Waals surface area contributed by atoms with Crippen LogP contribution in [0.1, 0.15) is 26.7 Å². The lowest BCUT2D eigenvalue weighted by Crippen LogP contribution is -2.63. The van der Waals surface area contributed by atoms with Gasteiger partial charge in [0.05, 0.1) is 26.3 Å². The summed E-state index contributed by atoms with van der Waals surface area (Å²) in [5, 5.41) is 26.3. The first-order valence-electron chi connectivity index (χ1n) is 11.4. The highest BCUT2D eigenvalue weighted by Gasteiger charge is 2.52. The SMILES string of the molecule is CCNC(OC1OC2C(O)C(NC)C(OC3CCC(N)C(C)O3)OP2CC1N)C(F)C(N)O. The van der Waals surface area contributed by atoms with Crippen LogP contribution in [0.4, 0.5) is 4.39 Å². The first-order chi connectivity index (χ1) is 15.7. The first-order valence-corrected chi connectivity index (χ1v) is 12.9. The third kappa shape index (κ3) is 6.56. The normalized spacial score (nSPS) is 44.6. The van der Waals surface area contributed by atoms with Crippen molar-refractivity contribution in [2.24, 2.45) is 17.2 Å². The molecule has 3 aliphatic rings. The zero-order valence-corrected chi connectivity index (χ0v) is 20.1. The molecular formula is C19H39FN5O7P. The molecule has 3 rings (SSSR count). The van der Waals surface area contributed by atoms with Crippen molar-refractivity contribution in [2.45, 2.75) is 100 Å². The third-order valence-corrected chi connectivity index (χ3v) is 8.37. The average molecular weight is 500 g/mol. The third-order valence-electron chi connectivity index (χ3n) is 6.12. The summed E-state index contributed by atoms with van der Waals surface area (Å²) >= 11 is 0. The van der Waals surface area contributed by atoms with Gasteiger partial charge in [0, 0.05) is 18.6 Å². The van der Waals surface area contributed by atoms with Crippen molar-refractivity contribution in [2.75, 3.05) is 19.8 Å². The van der Waals surface area contributed by atoms with Crippen molar-refractivity contribution >= 4 is 8.15 Å². The second-order valence-corrected chi connectivity index (χ2v) is 10.6. The van der Waals surface area contributed by atoms with E-state index in [2.05, 4.69) is 10.6 Å². The predicted molar refractivity (Wildman–Crippen MR) is 118 cm³/mol. The fraction of sp³-hybridized carbons (Fsp3) is 1.00. The summed E-state index contributed by atoms with van der Waals surface area (Å²) in [5.41, 5.74) is 17.5. The monoisotopic (exact) mass is 499 g/mol. The number of aliphatic hydroxyl groups is 2. The highest BCUT2D eigenvalue weighted by Crippen LogP contribution is 2.54. The largest absolute Gasteiger partial charge is 0.388 e. The highest BCUT2D eigenvalue weighted by atomic mass is 31.1. The molecule has 0 radical (unpaired) electrons. The summed E-state index contributed by atoms with van der Waals surface area (Å²) in [7, 11) is 0.341. The van der Waals surface area contributed by atoms with Gasteiger partial charge in [0.15, 0.2) is 25.0 Å². The molecule has 194 valence electrons. The fourth-order valence-corrected chi connectivity index (χ4v) is 6.36. The summed E-state index contributed by atoms with van der Waals surface area (Å²) in [4.78, 5) is 0. The van der Waals surface area contributed by atoms with Gasteiger partial charge in [0.25, 0.3) is 0 Å². The maximum absolute atomic E-state index is 14.3. The molecule has 13 atom stereocenters. The molecule has 13 unspecified atom stereocenters. The Labute approximate surface area is 194 Å². The zero-order chi connectivity index (χ0) is 24.3. The number of halogens is 1. The maximum atomic E-state index is 14.3. The number of hydrogen-bond acceptors (Lipinski definition) is 12. The molecular weight excluding hydrogens is 460 g/mol. The standard InChI is InChI=1S/C19H39FN5O7P/c1-4-25-16(12(20)15(23)27)30-17-10(22)7-33-19(31-17)14(26)13(24-3)18(32-33)29-11-6-5-9(21)8(2)28-11/h8-19,24-27H,4-7,21-23H2,1-3H3. The van der Waals surface area contributed by atoms with Gasteiger partial charge in [-0.05, 0) is 26.9 Å². The minimum Gasteiger partial charge on any atom is -0.388 e. The van der Waals surface area contributed by atoms with E-state index in [1.807, 2.05) is 6.92 Å². The fourth-order valence-electron chi connectivity index (χ4n) is 4.13. The van der Waals surface area contributed by atoms with Crippen molar-refractivity contribution in [3.63, 3.8) is 0 Å². The quantitative estimate of drug-likeness (QED) is 0.139. The van der Waals surface area contributed by atoms with Crippen LogP contribution in [0.5, 0.6) is 0 Å². The molecule has 0 spiro atoms. The number of hydrogen-bond donors (Lipinski definition) is 7. The maximum Gasteiger partial charge on any atom is 0.182 e. The van der Waals surface area contributed by atoms with Crippen LogP contribution >= 0.6 is 8.15 Å². The lowest BCUT2D eigenvalue weighted by Gasteiger charge is -2.50. The molecule has 10 N–H and O–H groups in total. The molecule has 0 aromatic carbocycles. The van der Waals surface area contributed by atoms with Crippen LogP contribution in [-0.4, -0.2) is 104 Å². The number of rotatable bonds is 9. The lowest BCUT2D eigenvalue weighted by atomic mass is 10.0. The molecule has 3 aliphatic heterocycles. The van der Waals surface area contributed by atoms with Gasteiger partial charge < -0.3 is 56.2 Å². The molecule has 3 saturated heterocycles. The molecule has 0 bridgehead atoms. The molecule has 3 heterocycles. The van der Waals surface area contributed by atoms with E-state index < -0.39 is 69.7 Å². The molecule has 3 fully saturated rings. The van der Waals surface area contributed by atoms with Crippen LogP contribution in [0.25, 0.3) is 0 Å². The van der Waals surface area contributed by atoms with E-state index in [1.165, 1.54) is 0 Å². The number of nitrogens with two attached hydrogens (primary N) is 3. The number of aliphatic hydroxyl groups excluding tert-OH is 2. The van der Waals surface area contributed by atoms with Gasteiger partial charge in [0.1, 0.15) is 24.4 Å². The van der Waals surface area contributed by atoms with E-state index in [9.17, 15) is 14.6 Å². The molecule has 0 aromatic rings. The van der Waals surface area contributed by atoms with Crippen molar-refractivity contribution in [1.82, 2.24) is 10.6 Å². The Kier molecular flexibility index (Phi) is 10.2. The Morgan fingerprint density at radius 3 is 2.55 bits per heavy atom. The molecule has 0 amide bonds. The Hall–Kier alpha value is -0.120. The Balaban J connectivity index is 1.65. The second-order valence-electron chi connectivity index (χ2n) is 8.63. The summed E-state index contributed by atoms with van der Waals surface area (Å²) in [6.07, 6.45) is -6.60. The Morgan fingerprint density at radius 2 is 1.94 bits per heavy atom. The van der Waals surface area contributed by atoms with Gasteiger partial charge in [-0.1, -0.05) is 6.92 Å². The van der Waals surface area contributed by atoms with Gasteiger partial charge in [-0.2, -0.15) is 0 Å². The predicted octanol–water partition coefficient (Wildman–Crippen LogP) is -1.87. The van der Waals surface area contributed by atoms with Crippen LogP contribution in [0.2, 0.25) is 0 Å². The zero-order valence-electron chi connectivity index (χ0n) is 19.2. The summed E-state index contributed by atoms with van der Waals surface area (Å²) in [6, 6.07) is -1.31. The van der Waals surface area contributed by atoms with E-state index in [1.54, 1.807) is 14.0 Å². The van der Waals surface area contributed by atoms with Crippen molar-refractivity contribution in [1.29, 1.82) is 0 Å². The molecule has 0 aliphatic carbocycles. The van der Waals surface area contributed by atoms with Crippen molar-refractivity contribution in [3.8, 4) is 0 Å². The van der Waals surface area contributed by atoms with Gasteiger partial charge in [0.2, 0.25) is 0 Å². The number of likely N-dealkylation sites (N-methyl/N-ethyl adjacent to an activating group) is 1. The minimum absolute atomic E-state index is 0.0476. The average Bonchev–Trinajstić information content (AvgIpc) is 2.76. The Bertz CT molecular complexity index is 615.